The monoisotopic (exact) mass is 310 g/mol. The van der Waals surface area contributed by atoms with E-state index in [4.69, 9.17) is 9.29 Å². The number of ether oxygens (including phenoxy) is 1. The van der Waals surface area contributed by atoms with Gasteiger partial charge in [-0.1, -0.05) is 33.1 Å². The van der Waals surface area contributed by atoms with Gasteiger partial charge in [-0.2, -0.15) is 8.42 Å². The van der Waals surface area contributed by atoms with Crippen LogP contribution in [0.3, 0.4) is 0 Å². The van der Waals surface area contributed by atoms with E-state index in [1.807, 2.05) is 13.8 Å². The van der Waals surface area contributed by atoms with Gasteiger partial charge in [0.25, 0.3) is 0 Å². The van der Waals surface area contributed by atoms with Gasteiger partial charge in [-0.25, -0.2) is 0 Å². The molecule has 0 amide bonds. The van der Waals surface area contributed by atoms with Crippen molar-refractivity contribution < 1.29 is 31.5 Å². The normalized spacial score (nSPS) is 12.8. The third-order valence-electron chi connectivity index (χ3n) is 2.60. The highest BCUT2D eigenvalue weighted by atomic mass is 32.3. The van der Waals surface area contributed by atoms with E-state index in [-0.39, 0.29) is 13.0 Å². The Hall–Kier alpha value is -1.15. The van der Waals surface area contributed by atoms with Crippen molar-refractivity contribution in [1.29, 1.82) is 0 Å². The molecule has 7 nitrogen and oxygen atoms in total. The molecule has 0 aromatic rings. The maximum atomic E-state index is 11.6. The van der Waals surface area contributed by atoms with Crippen molar-refractivity contribution in [3.8, 4) is 0 Å². The quantitative estimate of drug-likeness (QED) is 0.373. The van der Waals surface area contributed by atoms with Crippen molar-refractivity contribution in [2.24, 2.45) is 5.92 Å². The molecule has 0 aliphatic rings. The number of carbonyl (C=O) groups is 2. The highest BCUT2D eigenvalue weighted by Gasteiger charge is 2.27. The van der Waals surface area contributed by atoms with Crippen LogP contribution in [0.25, 0.3) is 0 Å². The molecular weight excluding hydrogens is 288 g/mol. The second kappa shape index (κ2) is 9.71. The summed E-state index contributed by atoms with van der Waals surface area (Å²) in [6, 6.07) is 0. The molecule has 0 rings (SSSR count). The summed E-state index contributed by atoms with van der Waals surface area (Å²) in [6.45, 7) is 4.11. The maximum absolute atomic E-state index is 11.6. The summed E-state index contributed by atoms with van der Waals surface area (Å²) in [5, 5.41) is 0. The molecule has 0 radical (unpaired) electrons. The molecule has 8 heteroatoms. The number of esters is 1. The smallest absolute Gasteiger partial charge is 0.448 e. The Balaban J connectivity index is 4.47. The molecule has 1 unspecified atom stereocenters. The van der Waals surface area contributed by atoms with E-state index in [0.717, 1.165) is 19.3 Å². The fourth-order valence-electron chi connectivity index (χ4n) is 1.52. The van der Waals surface area contributed by atoms with Gasteiger partial charge in [0.2, 0.25) is 0 Å². The standard InChI is InChI=1S/C12H22O7S/c1-3-5-7-10(12(14)19-20(15,16)17)9-11(13)18-8-6-4-2/h10H,3-9H2,1-2H3,(H,15,16,17). The molecule has 1 N–H and O–H groups in total. The average molecular weight is 310 g/mol. The molecule has 0 bridgehead atoms. The number of carbonyl (C=O) groups excluding carboxylic acids is 2. The van der Waals surface area contributed by atoms with Gasteiger partial charge in [-0.15, -0.1) is 0 Å². The lowest BCUT2D eigenvalue weighted by molar-refractivity contribution is -0.150. The van der Waals surface area contributed by atoms with Crippen molar-refractivity contribution in [2.75, 3.05) is 6.61 Å². The van der Waals surface area contributed by atoms with Crippen LogP contribution in [0, 0.1) is 5.92 Å². The summed E-state index contributed by atoms with van der Waals surface area (Å²) in [5.41, 5.74) is 0. The van der Waals surface area contributed by atoms with Gasteiger partial charge in [0.1, 0.15) is 0 Å². The predicted molar refractivity (Wildman–Crippen MR) is 71.1 cm³/mol. The first kappa shape index (κ1) is 18.9. The summed E-state index contributed by atoms with van der Waals surface area (Å²) in [4.78, 5) is 23.1. The lowest BCUT2D eigenvalue weighted by Crippen LogP contribution is -2.24. The van der Waals surface area contributed by atoms with Gasteiger partial charge in [0.05, 0.1) is 18.9 Å². The molecule has 0 aliphatic heterocycles. The summed E-state index contributed by atoms with van der Waals surface area (Å²) >= 11 is 0. The molecule has 0 aromatic heterocycles. The summed E-state index contributed by atoms with van der Waals surface area (Å²) < 4.78 is 38.3. The Morgan fingerprint density at radius 3 is 2.25 bits per heavy atom. The topological polar surface area (TPSA) is 107 Å². The lowest BCUT2D eigenvalue weighted by atomic mass is 9.99. The van der Waals surface area contributed by atoms with Crippen LogP contribution in [0.5, 0.6) is 0 Å². The van der Waals surface area contributed by atoms with Crippen LogP contribution in [0.4, 0.5) is 0 Å². The van der Waals surface area contributed by atoms with Crippen LogP contribution in [0.1, 0.15) is 52.4 Å². The van der Waals surface area contributed by atoms with Crippen molar-refractivity contribution in [3.05, 3.63) is 0 Å². The van der Waals surface area contributed by atoms with Crippen LogP contribution in [0.2, 0.25) is 0 Å². The van der Waals surface area contributed by atoms with Gasteiger partial charge in [0.15, 0.2) is 0 Å². The Morgan fingerprint density at radius 1 is 1.15 bits per heavy atom. The van der Waals surface area contributed by atoms with Crippen molar-refractivity contribution in [2.45, 2.75) is 52.4 Å². The minimum Gasteiger partial charge on any atom is -0.466 e. The van der Waals surface area contributed by atoms with E-state index in [1.54, 1.807) is 0 Å². The van der Waals surface area contributed by atoms with Gasteiger partial charge in [-0.05, 0) is 12.8 Å². The molecule has 1 atom stereocenters. The molecule has 0 saturated carbocycles. The van der Waals surface area contributed by atoms with E-state index in [9.17, 15) is 18.0 Å². The molecule has 0 saturated heterocycles. The highest BCUT2D eigenvalue weighted by molar-refractivity contribution is 7.81. The van der Waals surface area contributed by atoms with Crippen LogP contribution < -0.4 is 0 Å². The zero-order chi connectivity index (χ0) is 15.6. The first-order chi connectivity index (χ1) is 9.30. The van der Waals surface area contributed by atoms with E-state index < -0.39 is 28.3 Å². The molecule has 0 heterocycles. The van der Waals surface area contributed by atoms with Crippen LogP contribution in [-0.2, 0) is 28.9 Å². The van der Waals surface area contributed by atoms with Gasteiger partial charge in [-0.3, -0.25) is 14.1 Å². The SMILES string of the molecule is CCCCOC(=O)CC(CCCC)C(=O)OS(=O)(=O)O. The highest BCUT2D eigenvalue weighted by Crippen LogP contribution is 2.17. The summed E-state index contributed by atoms with van der Waals surface area (Å²) in [6.07, 6.45) is 3.05. The fraction of sp³-hybridized carbons (Fsp3) is 0.833. The molecule has 0 fully saturated rings. The van der Waals surface area contributed by atoms with Gasteiger partial charge >= 0.3 is 22.3 Å². The maximum Gasteiger partial charge on any atom is 0.448 e. The second-order valence-electron chi connectivity index (χ2n) is 4.45. The minimum atomic E-state index is -4.85. The number of hydrogen-bond donors (Lipinski definition) is 1. The Kier molecular flexibility index (Phi) is 9.15. The molecule has 0 spiro atoms. The van der Waals surface area contributed by atoms with E-state index in [0.29, 0.717) is 12.8 Å². The van der Waals surface area contributed by atoms with Crippen molar-refractivity contribution in [3.63, 3.8) is 0 Å². The summed E-state index contributed by atoms with van der Waals surface area (Å²) in [5.74, 6) is -2.63. The van der Waals surface area contributed by atoms with Gasteiger partial charge < -0.3 is 8.92 Å². The Bertz CT molecular complexity index is 402. The van der Waals surface area contributed by atoms with E-state index in [2.05, 4.69) is 4.18 Å². The van der Waals surface area contributed by atoms with Crippen molar-refractivity contribution in [1.82, 2.24) is 0 Å². The third-order valence-corrected chi connectivity index (χ3v) is 2.98. The van der Waals surface area contributed by atoms with Crippen LogP contribution >= 0.6 is 0 Å². The molecule has 0 aliphatic carbocycles. The third kappa shape index (κ3) is 9.74. The van der Waals surface area contributed by atoms with E-state index >= 15 is 0 Å². The van der Waals surface area contributed by atoms with E-state index in [1.165, 1.54) is 0 Å². The fourth-order valence-corrected chi connectivity index (χ4v) is 1.86. The Morgan fingerprint density at radius 2 is 1.75 bits per heavy atom. The molecule has 20 heavy (non-hydrogen) atoms. The number of hydrogen-bond acceptors (Lipinski definition) is 6. The van der Waals surface area contributed by atoms with Gasteiger partial charge in [0, 0.05) is 0 Å². The number of unbranched alkanes of at least 4 members (excludes halogenated alkanes) is 2. The zero-order valence-corrected chi connectivity index (χ0v) is 12.6. The zero-order valence-electron chi connectivity index (χ0n) is 11.8. The van der Waals surface area contributed by atoms with Crippen molar-refractivity contribution >= 4 is 22.3 Å². The molecule has 0 aromatic carbocycles. The molecular formula is C12H22O7S. The average Bonchev–Trinajstić information content (AvgIpc) is 2.32. The minimum absolute atomic E-state index is 0.252. The van der Waals surface area contributed by atoms with Crippen LogP contribution in [-0.4, -0.2) is 31.5 Å². The lowest BCUT2D eigenvalue weighted by Gasteiger charge is -2.13. The first-order valence-corrected chi connectivity index (χ1v) is 8.03. The largest absolute Gasteiger partial charge is 0.466 e. The molecule has 118 valence electrons. The summed E-state index contributed by atoms with van der Waals surface area (Å²) in [7, 11) is -4.85. The Labute approximate surface area is 119 Å². The first-order valence-electron chi connectivity index (χ1n) is 6.66. The number of rotatable bonds is 10. The second-order valence-corrected chi connectivity index (χ2v) is 5.47. The van der Waals surface area contributed by atoms with Crippen LogP contribution in [0.15, 0.2) is 0 Å². The predicted octanol–water partition coefficient (Wildman–Crippen LogP) is 1.87.